The van der Waals surface area contributed by atoms with Gasteiger partial charge in [-0.2, -0.15) is 0 Å². The molecule has 2 aromatic carbocycles. The number of nitrogens with zero attached hydrogens (tertiary/aromatic N) is 1. The van der Waals surface area contributed by atoms with E-state index in [1.54, 1.807) is 0 Å². The lowest BCUT2D eigenvalue weighted by atomic mass is 9.69. The van der Waals surface area contributed by atoms with Crippen molar-refractivity contribution in [2.45, 2.75) is 50.4 Å². The van der Waals surface area contributed by atoms with Crippen LogP contribution < -0.4 is 10.9 Å². The number of H-pyrrole nitrogens is 1. The molecule has 2 heterocycles. The average Bonchev–Trinajstić information content (AvgIpc) is 2.76. The third kappa shape index (κ3) is 4.44. The van der Waals surface area contributed by atoms with Gasteiger partial charge in [-0.15, -0.1) is 0 Å². The number of allylic oxidation sites excluding steroid dienone is 2. The van der Waals surface area contributed by atoms with Crippen LogP contribution in [0.3, 0.4) is 0 Å². The minimum Gasteiger partial charge on any atom is -0.343 e. The molecule has 0 radical (unpaired) electrons. The van der Waals surface area contributed by atoms with Crippen LogP contribution in [0.4, 0.5) is 5.82 Å². The Morgan fingerprint density at radius 2 is 1.88 bits per heavy atom. The van der Waals surface area contributed by atoms with Crippen LogP contribution in [0.2, 0.25) is 5.02 Å². The van der Waals surface area contributed by atoms with Crippen LogP contribution in [0.25, 0.3) is 0 Å². The molecule has 174 valence electrons. The number of rotatable bonds is 4. The number of Topliss-reactive ketones (excluding diaryl/α,β-unsaturated/α-hetero) is 1. The summed E-state index contributed by atoms with van der Waals surface area (Å²) in [5.74, 6) is 0.822. The zero-order valence-corrected chi connectivity index (χ0v) is 20.9. The van der Waals surface area contributed by atoms with Crippen LogP contribution in [0.5, 0.6) is 0 Å². The van der Waals surface area contributed by atoms with E-state index in [0.717, 1.165) is 28.8 Å². The van der Waals surface area contributed by atoms with Gasteiger partial charge in [-0.25, -0.2) is 4.98 Å². The lowest BCUT2D eigenvalue weighted by Crippen LogP contribution is -2.37. The number of thioether (sulfide) groups is 1. The fraction of sp³-hybridized carbons (Fsp3) is 0.296. The number of halogens is 1. The molecule has 0 saturated heterocycles. The number of aromatic amines is 1. The Hall–Kier alpha value is -2.83. The van der Waals surface area contributed by atoms with Crippen molar-refractivity contribution < 1.29 is 4.79 Å². The average molecular weight is 492 g/mol. The SMILES string of the molecule is Cc1ccc([C@H]2C3=C(CC(C)(C)CC3=O)Nc3nc(SCc4cccc(Cl)c4)[nH]c(=O)c32)cc1. The van der Waals surface area contributed by atoms with E-state index in [4.69, 9.17) is 16.6 Å². The minimum atomic E-state index is -0.432. The van der Waals surface area contributed by atoms with Crippen molar-refractivity contribution in [2.75, 3.05) is 5.32 Å². The molecule has 7 heteroatoms. The van der Waals surface area contributed by atoms with Crippen molar-refractivity contribution in [3.05, 3.63) is 97.4 Å². The zero-order valence-electron chi connectivity index (χ0n) is 19.4. The number of carbonyl (C=O) groups is 1. The molecule has 1 aliphatic carbocycles. The second-order valence-corrected chi connectivity index (χ2v) is 11.3. The Morgan fingerprint density at radius 3 is 2.62 bits per heavy atom. The predicted octanol–water partition coefficient (Wildman–Crippen LogP) is 6.22. The quantitative estimate of drug-likeness (QED) is 0.334. The van der Waals surface area contributed by atoms with E-state index >= 15 is 0 Å². The highest BCUT2D eigenvalue weighted by Gasteiger charge is 2.42. The molecule has 0 unspecified atom stereocenters. The molecule has 1 aliphatic heterocycles. The molecule has 0 amide bonds. The molecular formula is C27H26ClN3O2S. The number of aryl methyl sites for hydroxylation is 1. The van der Waals surface area contributed by atoms with Gasteiger partial charge in [0.2, 0.25) is 0 Å². The number of anilines is 1. The maximum absolute atomic E-state index is 13.4. The number of hydrogen-bond donors (Lipinski definition) is 2. The molecule has 34 heavy (non-hydrogen) atoms. The Kier molecular flexibility index (Phi) is 5.90. The molecule has 1 atom stereocenters. The van der Waals surface area contributed by atoms with E-state index in [1.807, 2.05) is 55.5 Å². The molecule has 0 saturated carbocycles. The van der Waals surface area contributed by atoms with Crippen molar-refractivity contribution in [1.29, 1.82) is 0 Å². The lowest BCUT2D eigenvalue weighted by Gasteiger charge is -2.38. The summed E-state index contributed by atoms with van der Waals surface area (Å²) in [7, 11) is 0. The van der Waals surface area contributed by atoms with Gasteiger partial charge in [0.15, 0.2) is 10.9 Å². The van der Waals surface area contributed by atoms with Gasteiger partial charge >= 0.3 is 0 Å². The predicted molar refractivity (Wildman–Crippen MR) is 138 cm³/mol. The maximum Gasteiger partial charge on any atom is 0.257 e. The van der Waals surface area contributed by atoms with Gasteiger partial charge < -0.3 is 10.3 Å². The molecule has 2 N–H and O–H groups in total. The van der Waals surface area contributed by atoms with Gasteiger partial charge in [-0.3, -0.25) is 9.59 Å². The molecule has 0 spiro atoms. The van der Waals surface area contributed by atoms with Crippen LogP contribution in [0.15, 0.2) is 69.8 Å². The Bertz CT molecular complexity index is 1380. The Labute approximate surface area is 208 Å². The maximum atomic E-state index is 13.4. The zero-order chi connectivity index (χ0) is 24.0. The Morgan fingerprint density at radius 1 is 1.12 bits per heavy atom. The van der Waals surface area contributed by atoms with Gasteiger partial charge in [0.1, 0.15) is 5.82 Å². The number of nitrogens with one attached hydrogen (secondary N) is 2. The standard InChI is InChI=1S/C27H26ClN3O2S/c1-15-7-9-17(10-8-15)21-22-19(12-27(2,3)13-20(22)32)29-24-23(21)25(33)31-26(30-24)34-14-16-5-4-6-18(28)11-16/h4-11,21H,12-14H2,1-3H3,(H2,29,30,31,33)/t21-/m0/s1. The summed E-state index contributed by atoms with van der Waals surface area (Å²) in [6, 6.07) is 15.7. The molecule has 3 aromatic rings. The number of carbonyl (C=O) groups excluding carboxylic acids is 1. The van der Waals surface area contributed by atoms with E-state index in [2.05, 4.69) is 24.1 Å². The van der Waals surface area contributed by atoms with Gasteiger partial charge in [0.25, 0.3) is 5.56 Å². The van der Waals surface area contributed by atoms with E-state index in [-0.39, 0.29) is 16.8 Å². The highest BCUT2D eigenvalue weighted by Crippen LogP contribution is 2.47. The fourth-order valence-electron chi connectivity index (χ4n) is 4.83. The smallest absolute Gasteiger partial charge is 0.257 e. The molecule has 1 aromatic heterocycles. The number of aromatic nitrogens is 2. The first-order valence-electron chi connectivity index (χ1n) is 11.3. The first-order chi connectivity index (χ1) is 16.2. The molecule has 2 aliphatic rings. The number of hydrogen-bond acceptors (Lipinski definition) is 5. The Balaban J connectivity index is 1.58. The normalized spacial score (nSPS) is 18.8. The molecule has 5 nitrogen and oxygen atoms in total. The first kappa shape index (κ1) is 22.9. The summed E-state index contributed by atoms with van der Waals surface area (Å²) in [5.41, 5.74) is 4.81. The lowest BCUT2D eigenvalue weighted by molar-refractivity contribution is -0.118. The molecule has 0 fully saturated rings. The summed E-state index contributed by atoms with van der Waals surface area (Å²) in [4.78, 5) is 34.5. The highest BCUT2D eigenvalue weighted by atomic mass is 35.5. The number of ketones is 1. The monoisotopic (exact) mass is 491 g/mol. The van der Waals surface area contributed by atoms with Crippen molar-refractivity contribution in [3.8, 4) is 0 Å². The number of benzene rings is 2. The van der Waals surface area contributed by atoms with Crippen LogP contribution in [0.1, 0.15) is 54.9 Å². The molecule has 0 bridgehead atoms. The fourth-order valence-corrected chi connectivity index (χ4v) is 5.85. The van der Waals surface area contributed by atoms with Gasteiger partial charge in [-0.1, -0.05) is 79.2 Å². The third-order valence-electron chi connectivity index (χ3n) is 6.38. The summed E-state index contributed by atoms with van der Waals surface area (Å²) in [6.07, 6.45) is 1.19. The summed E-state index contributed by atoms with van der Waals surface area (Å²) < 4.78 is 0. The van der Waals surface area contributed by atoms with Gasteiger partial charge in [-0.05, 0) is 42.0 Å². The largest absolute Gasteiger partial charge is 0.343 e. The van der Waals surface area contributed by atoms with Crippen LogP contribution in [0, 0.1) is 12.3 Å². The second-order valence-electron chi connectivity index (χ2n) is 9.85. The van der Waals surface area contributed by atoms with Crippen molar-refractivity contribution >= 4 is 35.0 Å². The van der Waals surface area contributed by atoms with Crippen molar-refractivity contribution in [2.24, 2.45) is 5.41 Å². The van der Waals surface area contributed by atoms with Crippen molar-refractivity contribution in [1.82, 2.24) is 9.97 Å². The number of fused-ring (bicyclic) bond motifs is 1. The van der Waals surface area contributed by atoms with E-state index < -0.39 is 5.92 Å². The van der Waals surface area contributed by atoms with Crippen LogP contribution in [-0.4, -0.2) is 15.8 Å². The van der Waals surface area contributed by atoms with Gasteiger partial charge in [0.05, 0.1) is 5.56 Å². The first-order valence-corrected chi connectivity index (χ1v) is 12.7. The summed E-state index contributed by atoms with van der Waals surface area (Å²) >= 11 is 7.55. The second kappa shape index (κ2) is 8.75. The van der Waals surface area contributed by atoms with Gasteiger partial charge in [0, 0.05) is 34.4 Å². The minimum absolute atomic E-state index is 0.0915. The van der Waals surface area contributed by atoms with E-state index in [1.165, 1.54) is 11.8 Å². The molecule has 5 rings (SSSR count). The topological polar surface area (TPSA) is 74.8 Å². The summed E-state index contributed by atoms with van der Waals surface area (Å²) in [5, 5.41) is 4.59. The van der Waals surface area contributed by atoms with Crippen LogP contribution in [-0.2, 0) is 10.5 Å². The molecular weight excluding hydrogens is 466 g/mol. The third-order valence-corrected chi connectivity index (χ3v) is 7.55. The van der Waals surface area contributed by atoms with Crippen LogP contribution >= 0.6 is 23.4 Å². The van der Waals surface area contributed by atoms with E-state index in [0.29, 0.717) is 39.3 Å². The van der Waals surface area contributed by atoms with E-state index in [9.17, 15) is 9.59 Å². The highest BCUT2D eigenvalue weighted by molar-refractivity contribution is 7.98. The summed E-state index contributed by atoms with van der Waals surface area (Å²) in [6.45, 7) is 6.23. The van der Waals surface area contributed by atoms with Crippen molar-refractivity contribution in [3.63, 3.8) is 0 Å².